The van der Waals surface area contributed by atoms with Crippen molar-refractivity contribution in [3.05, 3.63) is 18.3 Å². The van der Waals surface area contributed by atoms with Gasteiger partial charge in [-0.05, 0) is 19.9 Å². The zero-order valence-electron chi connectivity index (χ0n) is 8.53. The van der Waals surface area contributed by atoms with Crippen LogP contribution in [0.3, 0.4) is 0 Å². The minimum atomic E-state index is -0.360. The summed E-state index contributed by atoms with van der Waals surface area (Å²) >= 11 is 0. The Bertz CT molecular complexity index is 259. The summed E-state index contributed by atoms with van der Waals surface area (Å²) in [7, 11) is 0. The van der Waals surface area contributed by atoms with Crippen molar-refractivity contribution in [2.24, 2.45) is 0 Å². The third-order valence-corrected chi connectivity index (χ3v) is 1.63. The van der Waals surface area contributed by atoms with Gasteiger partial charge in [-0.15, -0.1) is 0 Å². The molecular formula is C10H16N2O2. The first-order chi connectivity index (χ1) is 6.72. The Morgan fingerprint density at radius 3 is 2.86 bits per heavy atom. The standard InChI is InChI=1S/C10H16N2O2/c1-3-14-10-5-4-9(7-12-10)11-6-8(2)13/h4-5,7-8,11,13H,3,6H2,1-2H3/t8-/m1/s1. The van der Waals surface area contributed by atoms with E-state index in [0.717, 1.165) is 5.69 Å². The van der Waals surface area contributed by atoms with E-state index in [1.807, 2.05) is 13.0 Å². The Morgan fingerprint density at radius 1 is 1.57 bits per heavy atom. The van der Waals surface area contributed by atoms with E-state index in [0.29, 0.717) is 19.0 Å². The van der Waals surface area contributed by atoms with Crippen molar-refractivity contribution in [1.82, 2.24) is 4.98 Å². The van der Waals surface area contributed by atoms with E-state index in [2.05, 4.69) is 10.3 Å². The smallest absolute Gasteiger partial charge is 0.213 e. The van der Waals surface area contributed by atoms with Crippen LogP contribution in [0, 0.1) is 0 Å². The first-order valence-electron chi connectivity index (χ1n) is 4.73. The summed E-state index contributed by atoms with van der Waals surface area (Å²) in [5.74, 6) is 0.620. The average Bonchev–Trinajstić information content (AvgIpc) is 2.17. The van der Waals surface area contributed by atoms with Crippen molar-refractivity contribution < 1.29 is 9.84 Å². The molecular weight excluding hydrogens is 180 g/mol. The second-order valence-electron chi connectivity index (χ2n) is 3.05. The molecule has 1 aromatic heterocycles. The van der Waals surface area contributed by atoms with Crippen LogP contribution in [-0.2, 0) is 0 Å². The van der Waals surface area contributed by atoms with Gasteiger partial charge in [0.15, 0.2) is 0 Å². The van der Waals surface area contributed by atoms with Crippen LogP contribution in [0.1, 0.15) is 13.8 Å². The van der Waals surface area contributed by atoms with Crippen molar-refractivity contribution in [2.45, 2.75) is 20.0 Å². The monoisotopic (exact) mass is 196 g/mol. The van der Waals surface area contributed by atoms with Crippen molar-refractivity contribution in [3.8, 4) is 5.88 Å². The molecule has 78 valence electrons. The highest BCUT2D eigenvalue weighted by molar-refractivity contribution is 5.41. The van der Waals surface area contributed by atoms with Crippen LogP contribution in [0.5, 0.6) is 5.88 Å². The Hall–Kier alpha value is -1.29. The normalized spacial score (nSPS) is 12.2. The lowest BCUT2D eigenvalue weighted by Gasteiger charge is -2.08. The van der Waals surface area contributed by atoms with E-state index in [-0.39, 0.29) is 6.10 Å². The number of rotatable bonds is 5. The summed E-state index contributed by atoms with van der Waals surface area (Å²) in [6.45, 7) is 4.79. The fourth-order valence-corrected chi connectivity index (χ4v) is 0.984. The SMILES string of the molecule is CCOc1ccc(NC[C@@H](C)O)cn1. The van der Waals surface area contributed by atoms with E-state index in [9.17, 15) is 0 Å². The third-order valence-electron chi connectivity index (χ3n) is 1.63. The summed E-state index contributed by atoms with van der Waals surface area (Å²) in [6, 6.07) is 3.67. The van der Waals surface area contributed by atoms with Gasteiger partial charge in [0.05, 0.1) is 24.6 Å². The first kappa shape index (κ1) is 10.8. The van der Waals surface area contributed by atoms with E-state index < -0.39 is 0 Å². The molecule has 2 N–H and O–H groups in total. The number of hydrogen-bond acceptors (Lipinski definition) is 4. The number of ether oxygens (including phenoxy) is 1. The molecule has 0 bridgehead atoms. The summed E-state index contributed by atoms with van der Waals surface area (Å²) in [5.41, 5.74) is 0.884. The number of hydrogen-bond donors (Lipinski definition) is 2. The van der Waals surface area contributed by atoms with Gasteiger partial charge < -0.3 is 15.2 Å². The molecule has 0 saturated carbocycles. The Balaban J connectivity index is 2.46. The minimum absolute atomic E-state index is 0.360. The molecule has 0 fully saturated rings. The number of aliphatic hydroxyl groups excluding tert-OH is 1. The molecule has 14 heavy (non-hydrogen) atoms. The lowest BCUT2D eigenvalue weighted by molar-refractivity contribution is 0.208. The predicted molar refractivity (Wildman–Crippen MR) is 55.6 cm³/mol. The van der Waals surface area contributed by atoms with Crippen LogP contribution in [0.15, 0.2) is 18.3 Å². The van der Waals surface area contributed by atoms with Gasteiger partial charge in [0.1, 0.15) is 0 Å². The molecule has 0 radical (unpaired) electrons. The molecule has 0 aliphatic rings. The van der Waals surface area contributed by atoms with Gasteiger partial charge in [-0.2, -0.15) is 0 Å². The summed E-state index contributed by atoms with van der Waals surface area (Å²) in [4.78, 5) is 4.08. The highest BCUT2D eigenvalue weighted by atomic mass is 16.5. The maximum atomic E-state index is 9.04. The fourth-order valence-electron chi connectivity index (χ4n) is 0.984. The van der Waals surface area contributed by atoms with Crippen molar-refractivity contribution in [1.29, 1.82) is 0 Å². The number of anilines is 1. The lowest BCUT2D eigenvalue weighted by Crippen LogP contribution is -2.15. The second-order valence-corrected chi connectivity index (χ2v) is 3.05. The molecule has 1 heterocycles. The van der Waals surface area contributed by atoms with Crippen LogP contribution in [0.4, 0.5) is 5.69 Å². The maximum Gasteiger partial charge on any atom is 0.213 e. The summed E-state index contributed by atoms with van der Waals surface area (Å²) < 4.78 is 5.20. The van der Waals surface area contributed by atoms with Gasteiger partial charge in [-0.25, -0.2) is 4.98 Å². The second kappa shape index (κ2) is 5.44. The van der Waals surface area contributed by atoms with Crippen molar-refractivity contribution in [2.75, 3.05) is 18.5 Å². The number of pyridine rings is 1. The van der Waals surface area contributed by atoms with E-state index in [4.69, 9.17) is 9.84 Å². The number of aliphatic hydroxyl groups is 1. The molecule has 4 heteroatoms. The maximum absolute atomic E-state index is 9.04. The third kappa shape index (κ3) is 3.62. The first-order valence-corrected chi connectivity index (χ1v) is 4.73. The van der Waals surface area contributed by atoms with Gasteiger partial charge in [0.25, 0.3) is 0 Å². The molecule has 1 rings (SSSR count). The average molecular weight is 196 g/mol. The Morgan fingerprint density at radius 2 is 2.36 bits per heavy atom. The molecule has 0 aromatic carbocycles. The molecule has 0 aliphatic carbocycles. The van der Waals surface area contributed by atoms with E-state index >= 15 is 0 Å². The molecule has 0 spiro atoms. The molecule has 0 saturated heterocycles. The van der Waals surface area contributed by atoms with Gasteiger partial charge >= 0.3 is 0 Å². The fraction of sp³-hybridized carbons (Fsp3) is 0.500. The minimum Gasteiger partial charge on any atom is -0.478 e. The Kier molecular flexibility index (Phi) is 4.19. The number of nitrogens with one attached hydrogen (secondary N) is 1. The molecule has 4 nitrogen and oxygen atoms in total. The Labute approximate surface area is 83.9 Å². The zero-order chi connectivity index (χ0) is 10.4. The lowest BCUT2D eigenvalue weighted by atomic mass is 10.3. The number of nitrogens with zero attached hydrogens (tertiary/aromatic N) is 1. The van der Waals surface area contributed by atoms with Crippen LogP contribution in [0.2, 0.25) is 0 Å². The molecule has 1 atom stereocenters. The molecule has 0 aliphatic heterocycles. The zero-order valence-corrected chi connectivity index (χ0v) is 8.53. The van der Waals surface area contributed by atoms with E-state index in [1.165, 1.54) is 0 Å². The topological polar surface area (TPSA) is 54.4 Å². The van der Waals surface area contributed by atoms with E-state index in [1.54, 1.807) is 19.2 Å². The highest BCUT2D eigenvalue weighted by Crippen LogP contribution is 2.11. The highest BCUT2D eigenvalue weighted by Gasteiger charge is 1.97. The molecule has 0 amide bonds. The van der Waals surface area contributed by atoms with Crippen molar-refractivity contribution in [3.63, 3.8) is 0 Å². The van der Waals surface area contributed by atoms with Crippen LogP contribution in [-0.4, -0.2) is 29.3 Å². The molecule has 1 aromatic rings. The summed E-state index contributed by atoms with van der Waals surface area (Å²) in [5, 5.41) is 12.1. The van der Waals surface area contributed by atoms with Crippen LogP contribution in [0.25, 0.3) is 0 Å². The molecule has 0 unspecified atom stereocenters. The predicted octanol–water partition coefficient (Wildman–Crippen LogP) is 1.27. The number of aromatic nitrogens is 1. The van der Waals surface area contributed by atoms with Crippen molar-refractivity contribution >= 4 is 5.69 Å². The van der Waals surface area contributed by atoms with Gasteiger partial charge in [0, 0.05) is 12.6 Å². The quantitative estimate of drug-likeness (QED) is 0.744. The largest absolute Gasteiger partial charge is 0.478 e. The summed E-state index contributed by atoms with van der Waals surface area (Å²) in [6.07, 6.45) is 1.33. The van der Waals surface area contributed by atoms with Gasteiger partial charge in [0.2, 0.25) is 5.88 Å². The van der Waals surface area contributed by atoms with Crippen LogP contribution < -0.4 is 10.1 Å². The van der Waals surface area contributed by atoms with Gasteiger partial charge in [-0.3, -0.25) is 0 Å². The van der Waals surface area contributed by atoms with Crippen LogP contribution >= 0.6 is 0 Å². The van der Waals surface area contributed by atoms with Gasteiger partial charge in [-0.1, -0.05) is 0 Å².